The molecule has 0 unspecified atom stereocenters. The van der Waals surface area contributed by atoms with Crippen molar-refractivity contribution >= 4 is 39.0 Å². The maximum atomic E-state index is 5.02. The quantitative estimate of drug-likeness (QED) is 0.190. The molecular weight excluding hydrogens is 476 g/mol. The monoisotopic (exact) mass is 504 g/mol. The molecule has 0 spiro atoms. The normalized spacial score (nSPS) is 14.7. The van der Waals surface area contributed by atoms with Crippen molar-refractivity contribution in [2.45, 2.75) is 26.2 Å². The second-order valence-corrected chi connectivity index (χ2v) is 10.2. The van der Waals surface area contributed by atoms with Crippen molar-refractivity contribution in [3.05, 3.63) is 96.4 Å². The third-order valence-electron chi connectivity index (χ3n) is 7.02. The first-order valence-electron chi connectivity index (χ1n) is 12.5. The molecule has 184 valence electrons. The summed E-state index contributed by atoms with van der Waals surface area (Å²) in [7, 11) is 0. The van der Waals surface area contributed by atoms with Gasteiger partial charge in [-0.1, -0.05) is 31.7 Å². The summed E-state index contributed by atoms with van der Waals surface area (Å²) in [6, 6.07) is 12.4. The summed E-state index contributed by atoms with van der Waals surface area (Å²) in [5.41, 5.74) is 9.16. The molecule has 6 nitrogen and oxygen atoms in total. The van der Waals surface area contributed by atoms with Gasteiger partial charge in [0.05, 0.1) is 16.9 Å². The van der Waals surface area contributed by atoms with E-state index in [4.69, 9.17) is 4.98 Å². The highest BCUT2D eigenvalue weighted by Gasteiger charge is 2.21. The van der Waals surface area contributed by atoms with Crippen LogP contribution in [-0.2, 0) is 0 Å². The molecule has 0 aliphatic heterocycles. The van der Waals surface area contributed by atoms with Crippen LogP contribution < -0.4 is 5.32 Å². The highest BCUT2D eigenvalue weighted by atomic mass is 32.1. The SMILES string of the molecule is C=C/C(=C\C(=C/C)c1ccc2[nH]nc(-c3cc4c(-c5cccs5)ccnc4[nH]3)c2n1)NC(=C)C1CCC1. The van der Waals surface area contributed by atoms with Crippen LogP contribution in [0.5, 0.6) is 0 Å². The van der Waals surface area contributed by atoms with Gasteiger partial charge in [-0.2, -0.15) is 5.10 Å². The molecule has 0 atom stereocenters. The van der Waals surface area contributed by atoms with Gasteiger partial charge in [-0.3, -0.25) is 5.10 Å². The first-order valence-corrected chi connectivity index (χ1v) is 13.4. The van der Waals surface area contributed by atoms with E-state index in [0.717, 1.165) is 61.7 Å². The van der Waals surface area contributed by atoms with Gasteiger partial charge in [0.2, 0.25) is 0 Å². The van der Waals surface area contributed by atoms with Gasteiger partial charge in [0.1, 0.15) is 16.9 Å². The molecule has 0 radical (unpaired) electrons. The minimum atomic E-state index is 0.548. The van der Waals surface area contributed by atoms with Crippen LogP contribution in [0.2, 0.25) is 0 Å². The van der Waals surface area contributed by atoms with Crippen LogP contribution in [0.25, 0.3) is 49.5 Å². The molecule has 1 aliphatic rings. The summed E-state index contributed by atoms with van der Waals surface area (Å²) >= 11 is 1.72. The lowest BCUT2D eigenvalue weighted by molar-refractivity contribution is 0.356. The van der Waals surface area contributed by atoms with Gasteiger partial charge in [-0.05, 0) is 79.1 Å². The lowest BCUT2D eigenvalue weighted by Crippen LogP contribution is -2.23. The van der Waals surface area contributed by atoms with Crippen molar-refractivity contribution < 1.29 is 0 Å². The molecule has 0 saturated heterocycles. The van der Waals surface area contributed by atoms with Crippen molar-refractivity contribution in [2.24, 2.45) is 5.92 Å². The molecule has 0 bridgehead atoms. The zero-order valence-electron chi connectivity index (χ0n) is 20.7. The molecule has 3 N–H and O–H groups in total. The van der Waals surface area contributed by atoms with Gasteiger partial charge in [-0.25, -0.2) is 9.97 Å². The Kier molecular flexibility index (Phi) is 6.06. The zero-order chi connectivity index (χ0) is 25.4. The van der Waals surface area contributed by atoms with Gasteiger partial charge in [-0.15, -0.1) is 11.3 Å². The summed E-state index contributed by atoms with van der Waals surface area (Å²) in [6.07, 6.45) is 11.5. The number of rotatable bonds is 8. The standard InChI is InChI=1S/C30H28N6S/c1-4-19(16-21(5-2)32-18(3)20-8-6-9-20)24-11-12-25-28(33-24)29(36-35-25)26-17-23-22(27-10-7-15-37-27)13-14-31-30(23)34-26/h4-5,7,10-17,20,32H,2-3,6,8-9H2,1H3,(H,31,34)(H,35,36)/b19-4+,21-16+. The Labute approximate surface area is 219 Å². The van der Waals surface area contributed by atoms with Gasteiger partial charge in [0, 0.05) is 33.4 Å². The van der Waals surface area contributed by atoms with Crippen LogP contribution in [0, 0.1) is 5.92 Å². The number of hydrogen-bond donors (Lipinski definition) is 3. The van der Waals surface area contributed by atoms with E-state index in [-0.39, 0.29) is 0 Å². The number of thiophene rings is 1. The molecule has 0 amide bonds. The first-order chi connectivity index (χ1) is 18.1. The fraction of sp³-hybridized carbons (Fsp3) is 0.167. The molecule has 5 heterocycles. The zero-order valence-corrected chi connectivity index (χ0v) is 21.5. The van der Waals surface area contributed by atoms with Crippen LogP contribution in [0.1, 0.15) is 31.9 Å². The molecule has 1 aliphatic carbocycles. The van der Waals surface area contributed by atoms with E-state index in [9.17, 15) is 0 Å². The minimum absolute atomic E-state index is 0.548. The van der Waals surface area contributed by atoms with Crippen molar-refractivity contribution in [1.82, 2.24) is 30.5 Å². The maximum absolute atomic E-state index is 5.02. The average Bonchev–Trinajstić information content (AvgIpc) is 3.64. The summed E-state index contributed by atoms with van der Waals surface area (Å²) in [6.45, 7) is 10.2. The number of nitrogens with zero attached hydrogens (tertiary/aromatic N) is 3. The predicted molar refractivity (Wildman–Crippen MR) is 154 cm³/mol. The molecule has 1 saturated carbocycles. The van der Waals surface area contributed by atoms with Crippen molar-refractivity contribution in [2.75, 3.05) is 0 Å². The Morgan fingerprint density at radius 3 is 2.84 bits per heavy atom. The number of fused-ring (bicyclic) bond motifs is 2. The lowest BCUT2D eigenvalue weighted by atomic mass is 9.83. The summed E-state index contributed by atoms with van der Waals surface area (Å²) < 4.78 is 0. The fourth-order valence-electron chi connectivity index (χ4n) is 4.71. The van der Waals surface area contributed by atoms with E-state index in [1.807, 2.05) is 31.3 Å². The largest absolute Gasteiger partial charge is 0.359 e. The van der Waals surface area contributed by atoms with Crippen molar-refractivity contribution in [3.8, 4) is 21.8 Å². The Hall–Kier alpha value is -4.23. The van der Waals surface area contributed by atoms with Gasteiger partial charge < -0.3 is 10.3 Å². The number of aromatic amines is 2. The Morgan fingerprint density at radius 2 is 2.11 bits per heavy atom. The molecule has 6 rings (SSSR count). The van der Waals surface area contributed by atoms with Crippen LogP contribution >= 0.6 is 11.3 Å². The van der Waals surface area contributed by atoms with E-state index in [0.29, 0.717) is 5.92 Å². The molecule has 7 heteroatoms. The maximum Gasteiger partial charge on any atom is 0.138 e. The van der Waals surface area contributed by atoms with Gasteiger partial charge in [0.25, 0.3) is 0 Å². The Balaban J connectivity index is 1.37. The molecule has 0 aromatic carbocycles. The third kappa shape index (κ3) is 4.32. The van der Waals surface area contributed by atoms with Crippen LogP contribution in [0.4, 0.5) is 0 Å². The average molecular weight is 505 g/mol. The fourth-order valence-corrected chi connectivity index (χ4v) is 5.48. The highest BCUT2D eigenvalue weighted by Crippen LogP contribution is 2.35. The Bertz CT molecular complexity index is 1680. The molecule has 1 fully saturated rings. The number of nitrogens with one attached hydrogen (secondary N) is 3. The molecule has 5 aromatic rings. The van der Waals surface area contributed by atoms with E-state index in [1.165, 1.54) is 24.1 Å². The number of aromatic nitrogens is 5. The van der Waals surface area contributed by atoms with E-state index in [2.05, 4.69) is 80.4 Å². The van der Waals surface area contributed by atoms with Gasteiger partial charge >= 0.3 is 0 Å². The Morgan fingerprint density at radius 1 is 1.22 bits per heavy atom. The molecule has 5 aromatic heterocycles. The number of H-pyrrole nitrogens is 2. The van der Waals surface area contributed by atoms with E-state index in [1.54, 1.807) is 11.3 Å². The van der Waals surface area contributed by atoms with Crippen molar-refractivity contribution in [3.63, 3.8) is 0 Å². The summed E-state index contributed by atoms with van der Waals surface area (Å²) in [5.74, 6) is 0.548. The van der Waals surface area contributed by atoms with Crippen LogP contribution in [0.15, 0.2) is 90.8 Å². The van der Waals surface area contributed by atoms with E-state index < -0.39 is 0 Å². The second-order valence-electron chi connectivity index (χ2n) is 9.27. The number of allylic oxidation sites excluding steroid dienone is 5. The third-order valence-corrected chi connectivity index (χ3v) is 7.93. The van der Waals surface area contributed by atoms with Crippen molar-refractivity contribution in [1.29, 1.82) is 0 Å². The highest BCUT2D eigenvalue weighted by molar-refractivity contribution is 7.13. The topological polar surface area (TPSA) is 82.3 Å². The lowest BCUT2D eigenvalue weighted by Gasteiger charge is -2.28. The first kappa shape index (κ1) is 23.2. The summed E-state index contributed by atoms with van der Waals surface area (Å²) in [4.78, 5) is 14.2. The van der Waals surface area contributed by atoms with Crippen LogP contribution in [-0.4, -0.2) is 25.1 Å². The molecule has 37 heavy (non-hydrogen) atoms. The summed E-state index contributed by atoms with van der Waals surface area (Å²) in [5, 5.41) is 14.4. The predicted octanol–water partition coefficient (Wildman–Crippen LogP) is 7.61. The minimum Gasteiger partial charge on any atom is -0.359 e. The molecular formula is C30H28N6S. The second kappa shape index (κ2) is 9.67. The number of pyridine rings is 2. The van der Waals surface area contributed by atoms with Gasteiger partial charge in [0.15, 0.2) is 0 Å². The van der Waals surface area contributed by atoms with E-state index >= 15 is 0 Å². The smallest absolute Gasteiger partial charge is 0.138 e. The van der Waals surface area contributed by atoms with Crippen LogP contribution in [0.3, 0.4) is 0 Å². The number of hydrogen-bond acceptors (Lipinski definition) is 5.